The molecule has 0 atom stereocenters. The molecule has 0 aliphatic heterocycles. The molecule has 0 radical (unpaired) electrons. The van der Waals surface area contributed by atoms with Crippen molar-refractivity contribution >= 4 is 27.8 Å². The van der Waals surface area contributed by atoms with E-state index in [0.717, 1.165) is 27.8 Å². The van der Waals surface area contributed by atoms with Crippen LogP contribution in [-0.2, 0) is 24.4 Å². The second kappa shape index (κ2) is 7.03. The van der Waals surface area contributed by atoms with Gasteiger partial charge in [-0.3, -0.25) is 13.9 Å². The number of H-pyrrole nitrogens is 1. The van der Waals surface area contributed by atoms with Gasteiger partial charge in [0.1, 0.15) is 6.54 Å². The average molecular weight is 376 g/mol. The minimum atomic E-state index is -0.178. The SMILES string of the molecule is CCn1c(=O)n(CC(=O)NCc2ccc3[nH]c(C)c(C)c3c2)c2ccccc21. The molecule has 0 aliphatic carbocycles. The fourth-order valence-electron chi connectivity index (χ4n) is 3.75. The van der Waals surface area contributed by atoms with Crippen molar-refractivity contribution < 1.29 is 4.79 Å². The molecular weight excluding hydrogens is 352 g/mol. The van der Waals surface area contributed by atoms with E-state index in [4.69, 9.17) is 0 Å². The number of carbonyl (C=O) groups excluding carboxylic acids is 1. The summed E-state index contributed by atoms with van der Waals surface area (Å²) in [5, 5.41) is 4.11. The molecule has 0 saturated carbocycles. The molecule has 6 nitrogen and oxygen atoms in total. The van der Waals surface area contributed by atoms with Gasteiger partial charge >= 0.3 is 5.69 Å². The van der Waals surface area contributed by atoms with Gasteiger partial charge in [-0.2, -0.15) is 0 Å². The van der Waals surface area contributed by atoms with Gasteiger partial charge in [0.05, 0.1) is 11.0 Å². The van der Waals surface area contributed by atoms with Gasteiger partial charge in [0.2, 0.25) is 5.91 Å². The molecule has 2 aromatic heterocycles. The van der Waals surface area contributed by atoms with E-state index in [0.29, 0.717) is 13.1 Å². The summed E-state index contributed by atoms with van der Waals surface area (Å²) in [6, 6.07) is 13.7. The highest BCUT2D eigenvalue weighted by molar-refractivity contribution is 5.85. The Labute approximate surface area is 162 Å². The van der Waals surface area contributed by atoms with Crippen molar-refractivity contribution in [2.45, 2.75) is 40.4 Å². The predicted octanol–water partition coefficient (Wildman–Crippen LogP) is 3.24. The monoisotopic (exact) mass is 376 g/mol. The molecule has 0 saturated heterocycles. The zero-order valence-corrected chi connectivity index (χ0v) is 16.4. The number of aromatic nitrogens is 3. The van der Waals surface area contributed by atoms with Gasteiger partial charge in [0.25, 0.3) is 0 Å². The summed E-state index contributed by atoms with van der Waals surface area (Å²) in [5.41, 5.74) is 6.00. The van der Waals surface area contributed by atoms with Gasteiger partial charge in [0.15, 0.2) is 0 Å². The van der Waals surface area contributed by atoms with Gasteiger partial charge in [-0.1, -0.05) is 18.2 Å². The molecule has 0 fully saturated rings. The topological polar surface area (TPSA) is 71.8 Å². The number of imidazole rings is 1. The Hall–Kier alpha value is -3.28. The lowest BCUT2D eigenvalue weighted by molar-refractivity contribution is -0.121. The van der Waals surface area contributed by atoms with Crippen LogP contribution in [0.5, 0.6) is 0 Å². The number of rotatable bonds is 5. The first kappa shape index (κ1) is 18.1. The van der Waals surface area contributed by atoms with E-state index in [2.05, 4.69) is 30.2 Å². The van der Waals surface area contributed by atoms with Crippen LogP contribution in [0.4, 0.5) is 0 Å². The van der Waals surface area contributed by atoms with Crippen LogP contribution in [0.3, 0.4) is 0 Å². The number of fused-ring (bicyclic) bond motifs is 2. The summed E-state index contributed by atoms with van der Waals surface area (Å²) >= 11 is 0. The quantitative estimate of drug-likeness (QED) is 0.561. The molecule has 0 aliphatic rings. The Morgan fingerprint density at radius 1 is 1.07 bits per heavy atom. The summed E-state index contributed by atoms with van der Waals surface area (Å²) in [4.78, 5) is 28.5. The number of carbonyl (C=O) groups is 1. The highest BCUT2D eigenvalue weighted by atomic mass is 16.2. The van der Waals surface area contributed by atoms with E-state index in [1.807, 2.05) is 43.3 Å². The molecule has 2 N–H and O–H groups in total. The van der Waals surface area contributed by atoms with Crippen molar-refractivity contribution in [1.29, 1.82) is 0 Å². The van der Waals surface area contributed by atoms with Crippen molar-refractivity contribution in [1.82, 2.24) is 19.4 Å². The van der Waals surface area contributed by atoms with E-state index in [-0.39, 0.29) is 18.1 Å². The number of aromatic amines is 1. The molecule has 0 spiro atoms. The Morgan fingerprint density at radius 2 is 1.79 bits per heavy atom. The van der Waals surface area contributed by atoms with Gasteiger partial charge < -0.3 is 10.3 Å². The largest absolute Gasteiger partial charge is 0.358 e. The molecule has 28 heavy (non-hydrogen) atoms. The molecule has 144 valence electrons. The number of aryl methyl sites for hydroxylation is 3. The van der Waals surface area contributed by atoms with Crippen molar-refractivity contribution in [2.75, 3.05) is 0 Å². The van der Waals surface area contributed by atoms with Crippen LogP contribution in [0, 0.1) is 13.8 Å². The summed E-state index contributed by atoms with van der Waals surface area (Å²) in [5.74, 6) is -0.178. The third kappa shape index (κ3) is 3.01. The fourth-order valence-corrected chi connectivity index (χ4v) is 3.75. The summed E-state index contributed by atoms with van der Waals surface area (Å²) < 4.78 is 3.23. The van der Waals surface area contributed by atoms with Crippen molar-refractivity contribution in [3.8, 4) is 0 Å². The number of hydrogen-bond acceptors (Lipinski definition) is 2. The third-order valence-electron chi connectivity index (χ3n) is 5.41. The maximum Gasteiger partial charge on any atom is 0.329 e. The molecular formula is C22H24N4O2. The van der Waals surface area contributed by atoms with Crippen LogP contribution in [0.2, 0.25) is 0 Å². The van der Waals surface area contributed by atoms with Crippen LogP contribution in [0.15, 0.2) is 47.3 Å². The van der Waals surface area contributed by atoms with Crippen LogP contribution in [-0.4, -0.2) is 20.0 Å². The van der Waals surface area contributed by atoms with Crippen LogP contribution < -0.4 is 11.0 Å². The van der Waals surface area contributed by atoms with E-state index < -0.39 is 0 Å². The predicted molar refractivity (Wildman–Crippen MR) is 111 cm³/mol. The molecule has 1 amide bonds. The number of nitrogens with one attached hydrogen (secondary N) is 2. The first-order valence-electron chi connectivity index (χ1n) is 9.52. The molecule has 6 heteroatoms. The number of para-hydroxylation sites is 2. The number of amides is 1. The number of benzene rings is 2. The Bertz CT molecular complexity index is 1240. The zero-order valence-electron chi connectivity index (χ0n) is 16.4. The summed E-state index contributed by atoms with van der Waals surface area (Å²) in [6.45, 7) is 7.09. The molecule has 4 rings (SSSR count). The van der Waals surface area contributed by atoms with Gasteiger partial charge in [-0.25, -0.2) is 4.79 Å². The Morgan fingerprint density at radius 3 is 2.50 bits per heavy atom. The van der Waals surface area contributed by atoms with E-state index in [1.165, 1.54) is 15.5 Å². The average Bonchev–Trinajstić information content (AvgIpc) is 3.13. The second-order valence-electron chi connectivity index (χ2n) is 7.13. The lowest BCUT2D eigenvalue weighted by Gasteiger charge is -2.07. The normalized spacial score (nSPS) is 11.4. The number of nitrogens with zero attached hydrogens (tertiary/aromatic N) is 2. The standard InChI is InChI=1S/C22H24N4O2/c1-4-25-19-7-5-6-8-20(19)26(22(25)28)13-21(27)23-12-16-9-10-18-17(11-16)14(2)15(3)24-18/h5-11,24H,4,12-13H2,1-3H3,(H,23,27). The first-order valence-corrected chi connectivity index (χ1v) is 9.52. The van der Waals surface area contributed by atoms with Gasteiger partial charge in [-0.15, -0.1) is 0 Å². The van der Waals surface area contributed by atoms with Crippen LogP contribution in [0.25, 0.3) is 21.9 Å². The molecule has 2 aromatic carbocycles. The summed E-state index contributed by atoms with van der Waals surface area (Å²) in [7, 11) is 0. The van der Waals surface area contributed by atoms with Crippen LogP contribution >= 0.6 is 0 Å². The molecule has 2 heterocycles. The van der Waals surface area contributed by atoms with E-state index in [1.54, 1.807) is 4.57 Å². The van der Waals surface area contributed by atoms with Gasteiger partial charge in [0, 0.05) is 29.7 Å². The number of hydrogen-bond donors (Lipinski definition) is 2. The van der Waals surface area contributed by atoms with Crippen molar-refractivity contribution in [3.63, 3.8) is 0 Å². The fraction of sp³-hybridized carbons (Fsp3) is 0.273. The zero-order chi connectivity index (χ0) is 19.8. The Balaban J connectivity index is 1.53. The Kier molecular flexibility index (Phi) is 4.55. The summed E-state index contributed by atoms with van der Waals surface area (Å²) in [6.07, 6.45) is 0. The second-order valence-corrected chi connectivity index (χ2v) is 7.13. The van der Waals surface area contributed by atoms with Crippen molar-refractivity contribution in [3.05, 3.63) is 69.8 Å². The molecule has 0 bridgehead atoms. The minimum absolute atomic E-state index is 0.0108. The van der Waals surface area contributed by atoms with E-state index >= 15 is 0 Å². The highest BCUT2D eigenvalue weighted by Crippen LogP contribution is 2.22. The lowest BCUT2D eigenvalue weighted by atomic mass is 10.1. The smallest absolute Gasteiger partial charge is 0.329 e. The maximum atomic E-state index is 12.7. The highest BCUT2D eigenvalue weighted by Gasteiger charge is 2.14. The third-order valence-corrected chi connectivity index (χ3v) is 5.41. The maximum absolute atomic E-state index is 12.7. The molecule has 4 aromatic rings. The lowest BCUT2D eigenvalue weighted by Crippen LogP contribution is -2.32. The van der Waals surface area contributed by atoms with Gasteiger partial charge in [-0.05, 0) is 56.2 Å². The van der Waals surface area contributed by atoms with Crippen LogP contribution in [0.1, 0.15) is 23.7 Å². The van der Waals surface area contributed by atoms with E-state index in [9.17, 15) is 9.59 Å². The minimum Gasteiger partial charge on any atom is -0.358 e. The first-order chi connectivity index (χ1) is 13.5. The molecule has 0 unspecified atom stereocenters. The van der Waals surface area contributed by atoms with Crippen molar-refractivity contribution in [2.24, 2.45) is 0 Å².